The number of hydrogen-bond acceptors (Lipinski definition) is 5. The summed E-state index contributed by atoms with van der Waals surface area (Å²) >= 11 is 0. The number of benzene rings is 1. The highest BCUT2D eigenvalue weighted by atomic mass is 32.2. The van der Waals surface area contributed by atoms with Gasteiger partial charge in [0.05, 0.1) is 17.4 Å². The monoisotopic (exact) mass is 316 g/mol. The van der Waals surface area contributed by atoms with Crippen LogP contribution in [0.15, 0.2) is 23.1 Å². The van der Waals surface area contributed by atoms with Crippen molar-refractivity contribution in [1.29, 1.82) is 0 Å². The number of aliphatic hydroxyl groups excluding tert-OH is 1. The molecule has 0 spiro atoms. The third-order valence-corrected chi connectivity index (χ3v) is 4.30. The second-order valence-corrected chi connectivity index (χ2v) is 6.93. The zero-order valence-corrected chi connectivity index (χ0v) is 12.7. The van der Waals surface area contributed by atoms with Crippen molar-refractivity contribution >= 4 is 21.7 Å². The Hall–Kier alpha value is -1.64. The van der Waals surface area contributed by atoms with Crippen LogP contribution in [0.4, 0.5) is 5.69 Å². The molecule has 0 heterocycles. The van der Waals surface area contributed by atoms with Gasteiger partial charge >= 0.3 is 5.97 Å². The number of carboxylic acids is 1. The second kappa shape index (κ2) is 6.88. The Labute approximate surface area is 123 Å². The van der Waals surface area contributed by atoms with Gasteiger partial charge in [0.2, 0.25) is 10.0 Å². The molecule has 1 rings (SSSR count). The predicted molar refractivity (Wildman–Crippen MR) is 78.5 cm³/mol. The number of nitrogen functional groups attached to an aromatic ring is 1. The first-order chi connectivity index (χ1) is 9.63. The van der Waals surface area contributed by atoms with E-state index >= 15 is 0 Å². The molecule has 1 aromatic carbocycles. The third-order valence-electron chi connectivity index (χ3n) is 2.80. The summed E-state index contributed by atoms with van der Waals surface area (Å²) in [5.41, 5.74) is 5.34. The molecule has 0 radical (unpaired) electrons. The van der Waals surface area contributed by atoms with Crippen LogP contribution >= 0.6 is 0 Å². The van der Waals surface area contributed by atoms with E-state index in [2.05, 4.69) is 4.72 Å². The highest BCUT2D eigenvalue weighted by Gasteiger charge is 2.20. The molecule has 1 unspecified atom stereocenters. The van der Waals surface area contributed by atoms with Gasteiger partial charge in [-0.3, -0.25) is 0 Å². The van der Waals surface area contributed by atoms with Gasteiger partial charge in [-0.15, -0.1) is 0 Å². The number of sulfonamides is 1. The normalized spacial score (nSPS) is 13.3. The lowest BCUT2D eigenvalue weighted by Gasteiger charge is -2.15. The molecule has 0 aliphatic heterocycles. The smallest absolute Gasteiger partial charge is 0.335 e. The molecule has 0 aliphatic carbocycles. The lowest BCUT2D eigenvalue weighted by Crippen LogP contribution is -2.33. The molecule has 7 nitrogen and oxygen atoms in total. The number of hydrogen-bond donors (Lipinski definition) is 4. The maximum atomic E-state index is 12.1. The maximum Gasteiger partial charge on any atom is 0.335 e. The number of aromatic carboxylic acids is 1. The Morgan fingerprint density at radius 2 is 2.00 bits per heavy atom. The van der Waals surface area contributed by atoms with Gasteiger partial charge in [-0.05, 0) is 30.5 Å². The molecule has 0 aliphatic rings. The van der Waals surface area contributed by atoms with Crippen molar-refractivity contribution in [3.8, 4) is 0 Å². The van der Waals surface area contributed by atoms with Gasteiger partial charge in [-0.25, -0.2) is 17.9 Å². The molecular weight excluding hydrogens is 296 g/mol. The SMILES string of the molecule is CC(C)CC(O)CNS(=O)(=O)c1ccc(C(=O)O)cc1N. The average molecular weight is 316 g/mol. The van der Waals surface area contributed by atoms with E-state index in [0.29, 0.717) is 6.42 Å². The summed E-state index contributed by atoms with van der Waals surface area (Å²) in [5, 5.41) is 18.5. The minimum absolute atomic E-state index is 0.0914. The molecule has 0 fully saturated rings. The van der Waals surface area contributed by atoms with Crippen LogP contribution in [-0.4, -0.2) is 37.2 Å². The number of nitrogens with one attached hydrogen (secondary N) is 1. The summed E-state index contributed by atoms with van der Waals surface area (Å²) < 4.78 is 26.4. The molecule has 0 saturated heterocycles. The van der Waals surface area contributed by atoms with Gasteiger partial charge in [-0.1, -0.05) is 13.8 Å². The van der Waals surface area contributed by atoms with E-state index in [1.54, 1.807) is 0 Å². The van der Waals surface area contributed by atoms with E-state index < -0.39 is 22.1 Å². The first kappa shape index (κ1) is 17.4. The Morgan fingerprint density at radius 1 is 1.38 bits per heavy atom. The van der Waals surface area contributed by atoms with Crippen LogP contribution in [0.1, 0.15) is 30.6 Å². The van der Waals surface area contributed by atoms with Crippen molar-refractivity contribution in [2.24, 2.45) is 5.92 Å². The zero-order chi connectivity index (χ0) is 16.2. The van der Waals surface area contributed by atoms with Gasteiger partial charge in [0.15, 0.2) is 0 Å². The molecule has 0 amide bonds. The fraction of sp³-hybridized carbons (Fsp3) is 0.462. The largest absolute Gasteiger partial charge is 0.478 e. The molecule has 0 bridgehead atoms. The molecule has 21 heavy (non-hydrogen) atoms. The number of carboxylic acid groups (broad SMARTS) is 1. The summed E-state index contributed by atoms with van der Waals surface area (Å²) in [4.78, 5) is 10.6. The van der Waals surface area contributed by atoms with Gasteiger partial charge in [0.25, 0.3) is 0 Å². The summed E-state index contributed by atoms with van der Waals surface area (Å²) in [5.74, 6) is -0.949. The molecule has 0 saturated carbocycles. The third kappa shape index (κ3) is 5.00. The average Bonchev–Trinajstić information content (AvgIpc) is 2.35. The van der Waals surface area contributed by atoms with Crippen LogP contribution in [0.3, 0.4) is 0 Å². The lowest BCUT2D eigenvalue weighted by molar-refractivity contribution is 0.0697. The van der Waals surface area contributed by atoms with E-state index in [9.17, 15) is 18.3 Å². The Kier molecular flexibility index (Phi) is 5.70. The fourth-order valence-electron chi connectivity index (χ4n) is 1.84. The van der Waals surface area contributed by atoms with E-state index in [4.69, 9.17) is 10.8 Å². The molecular formula is C13H20N2O5S. The van der Waals surface area contributed by atoms with E-state index in [0.717, 1.165) is 18.2 Å². The zero-order valence-electron chi connectivity index (χ0n) is 11.9. The lowest BCUT2D eigenvalue weighted by atomic mass is 10.1. The van der Waals surface area contributed by atoms with Crippen LogP contribution < -0.4 is 10.5 Å². The van der Waals surface area contributed by atoms with Crippen molar-refractivity contribution in [2.45, 2.75) is 31.3 Å². The summed E-state index contributed by atoms with van der Waals surface area (Å²) in [6, 6.07) is 3.38. The van der Waals surface area contributed by atoms with Gasteiger partial charge in [-0.2, -0.15) is 0 Å². The molecule has 1 aromatic rings. The highest BCUT2D eigenvalue weighted by Crippen LogP contribution is 2.19. The van der Waals surface area contributed by atoms with Crippen LogP contribution in [0.25, 0.3) is 0 Å². The molecule has 0 aromatic heterocycles. The van der Waals surface area contributed by atoms with E-state index in [-0.39, 0.29) is 28.6 Å². The number of aliphatic hydroxyl groups is 1. The standard InChI is InChI=1S/C13H20N2O5S/c1-8(2)5-10(16)7-15-21(19,20)12-4-3-9(13(17)18)6-11(12)14/h3-4,6,8,10,15-16H,5,7,14H2,1-2H3,(H,17,18). The number of nitrogens with two attached hydrogens (primary N) is 1. The van der Waals surface area contributed by atoms with E-state index in [1.807, 2.05) is 13.8 Å². The van der Waals surface area contributed by atoms with Crippen LogP contribution in [-0.2, 0) is 10.0 Å². The Morgan fingerprint density at radius 3 is 2.48 bits per heavy atom. The van der Waals surface area contributed by atoms with Crippen molar-refractivity contribution in [2.75, 3.05) is 12.3 Å². The summed E-state index contributed by atoms with van der Waals surface area (Å²) in [6.07, 6.45) is -0.324. The first-order valence-electron chi connectivity index (χ1n) is 6.44. The number of rotatable bonds is 7. The predicted octanol–water partition coefficient (Wildman–Crippen LogP) is 0.652. The molecule has 118 valence electrons. The minimum atomic E-state index is -3.89. The summed E-state index contributed by atoms with van der Waals surface area (Å²) in [6.45, 7) is 3.71. The quantitative estimate of drug-likeness (QED) is 0.547. The first-order valence-corrected chi connectivity index (χ1v) is 7.92. The Bertz CT molecular complexity index is 613. The minimum Gasteiger partial charge on any atom is -0.478 e. The molecule has 5 N–H and O–H groups in total. The van der Waals surface area contributed by atoms with Crippen molar-refractivity contribution < 1.29 is 23.4 Å². The van der Waals surface area contributed by atoms with Crippen molar-refractivity contribution in [3.05, 3.63) is 23.8 Å². The van der Waals surface area contributed by atoms with Gasteiger partial charge < -0.3 is 15.9 Å². The van der Waals surface area contributed by atoms with Crippen LogP contribution in [0.2, 0.25) is 0 Å². The highest BCUT2D eigenvalue weighted by molar-refractivity contribution is 7.89. The van der Waals surface area contributed by atoms with Crippen molar-refractivity contribution in [1.82, 2.24) is 4.72 Å². The second-order valence-electron chi connectivity index (χ2n) is 5.19. The Balaban J connectivity index is 2.86. The summed E-state index contributed by atoms with van der Waals surface area (Å²) in [7, 11) is -3.89. The van der Waals surface area contributed by atoms with Crippen LogP contribution in [0.5, 0.6) is 0 Å². The maximum absolute atomic E-state index is 12.1. The fourth-order valence-corrected chi connectivity index (χ4v) is 3.02. The van der Waals surface area contributed by atoms with Crippen molar-refractivity contribution in [3.63, 3.8) is 0 Å². The topological polar surface area (TPSA) is 130 Å². The number of anilines is 1. The van der Waals surface area contributed by atoms with Gasteiger partial charge in [0.1, 0.15) is 4.90 Å². The number of carbonyl (C=O) groups is 1. The van der Waals surface area contributed by atoms with Gasteiger partial charge in [0, 0.05) is 6.54 Å². The van der Waals surface area contributed by atoms with E-state index in [1.165, 1.54) is 0 Å². The molecule has 8 heteroatoms. The van der Waals surface area contributed by atoms with Crippen LogP contribution in [0, 0.1) is 5.92 Å². The molecule has 1 atom stereocenters.